The van der Waals surface area contributed by atoms with Crippen LogP contribution in [0.25, 0.3) is 0 Å². The molecule has 1 unspecified atom stereocenters. The fraction of sp³-hybridized carbons (Fsp3) is 0.333. The fourth-order valence-electron chi connectivity index (χ4n) is 1.77. The number of aliphatic carboxylic acids is 1. The molecule has 9 nitrogen and oxygen atoms in total. The number of amides is 2. The molecular formula is C12H16N6O3. The van der Waals surface area contributed by atoms with Gasteiger partial charge in [0.2, 0.25) is 0 Å². The lowest BCUT2D eigenvalue weighted by atomic mass is 10.2. The number of nitrogens with zero attached hydrogens (tertiary/aromatic N) is 3. The predicted octanol–water partition coefficient (Wildman–Crippen LogP) is -0.362. The molecule has 0 saturated carbocycles. The highest BCUT2D eigenvalue weighted by molar-refractivity contribution is 5.82. The zero-order valence-electron chi connectivity index (χ0n) is 11.4. The molecule has 0 bridgehead atoms. The van der Waals surface area contributed by atoms with Gasteiger partial charge in [-0.3, -0.25) is 4.68 Å². The number of urea groups is 1. The average molecular weight is 292 g/mol. The van der Waals surface area contributed by atoms with Crippen LogP contribution in [0, 0.1) is 0 Å². The number of hydrogen-bond donors (Lipinski definition) is 4. The van der Waals surface area contributed by atoms with E-state index in [-0.39, 0.29) is 13.0 Å². The number of imidazole rings is 1. The first-order valence-electron chi connectivity index (χ1n) is 6.27. The number of carboxylic acids is 1. The third kappa shape index (κ3) is 4.06. The highest BCUT2D eigenvalue weighted by Gasteiger charge is 2.20. The van der Waals surface area contributed by atoms with Crippen LogP contribution in [-0.4, -0.2) is 42.9 Å². The van der Waals surface area contributed by atoms with E-state index < -0.39 is 18.0 Å². The SMILES string of the molecule is Cn1nccc1CNC(=O)NC(Cc1cnc[nH]1)C(=O)O. The van der Waals surface area contributed by atoms with Gasteiger partial charge in [0.25, 0.3) is 0 Å². The average Bonchev–Trinajstić information content (AvgIpc) is 3.07. The van der Waals surface area contributed by atoms with Crippen LogP contribution < -0.4 is 10.6 Å². The fourth-order valence-corrected chi connectivity index (χ4v) is 1.77. The molecule has 0 radical (unpaired) electrons. The van der Waals surface area contributed by atoms with Gasteiger partial charge < -0.3 is 20.7 Å². The van der Waals surface area contributed by atoms with E-state index in [0.29, 0.717) is 5.69 Å². The number of carboxylic acid groups (broad SMARTS) is 1. The van der Waals surface area contributed by atoms with Crippen LogP contribution in [0.15, 0.2) is 24.8 Å². The molecule has 21 heavy (non-hydrogen) atoms. The van der Waals surface area contributed by atoms with Gasteiger partial charge in [-0.2, -0.15) is 5.10 Å². The standard InChI is InChI=1S/C12H16N6O3/c1-18-9(2-3-16-18)6-14-12(21)17-10(11(19)20)4-8-5-13-7-15-8/h2-3,5,7,10H,4,6H2,1H3,(H,13,15)(H,19,20)(H2,14,17,21). The second kappa shape index (κ2) is 6.55. The topological polar surface area (TPSA) is 125 Å². The molecule has 0 aromatic carbocycles. The number of H-pyrrole nitrogens is 1. The van der Waals surface area contributed by atoms with Crippen LogP contribution in [-0.2, 0) is 24.8 Å². The Kier molecular flexibility index (Phi) is 4.54. The Hall–Kier alpha value is -2.84. The molecule has 0 aliphatic carbocycles. The van der Waals surface area contributed by atoms with Crippen LogP contribution in [0.2, 0.25) is 0 Å². The Labute approximate surface area is 120 Å². The predicted molar refractivity (Wildman–Crippen MR) is 72.3 cm³/mol. The Bertz CT molecular complexity index is 606. The number of carbonyl (C=O) groups excluding carboxylic acids is 1. The molecule has 0 saturated heterocycles. The van der Waals surface area contributed by atoms with Crippen molar-refractivity contribution in [3.05, 3.63) is 36.2 Å². The van der Waals surface area contributed by atoms with Crippen molar-refractivity contribution in [1.82, 2.24) is 30.4 Å². The summed E-state index contributed by atoms with van der Waals surface area (Å²) in [5.41, 5.74) is 1.44. The summed E-state index contributed by atoms with van der Waals surface area (Å²) in [6.45, 7) is 0.263. The third-order valence-electron chi connectivity index (χ3n) is 2.93. The van der Waals surface area contributed by atoms with Gasteiger partial charge in [0.15, 0.2) is 0 Å². The normalized spacial score (nSPS) is 11.9. The minimum absolute atomic E-state index is 0.133. The quantitative estimate of drug-likeness (QED) is 0.578. The van der Waals surface area contributed by atoms with E-state index in [9.17, 15) is 9.59 Å². The van der Waals surface area contributed by atoms with Crippen LogP contribution in [0.3, 0.4) is 0 Å². The lowest BCUT2D eigenvalue weighted by molar-refractivity contribution is -0.139. The summed E-state index contributed by atoms with van der Waals surface area (Å²) in [7, 11) is 1.76. The number of carbonyl (C=O) groups is 2. The van der Waals surface area contributed by atoms with E-state index >= 15 is 0 Å². The molecular weight excluding hydrogens is 276 g/mol. The highest BCUT2D eigenvalue weighted by Crippen LogP contribution is 1.99. The maximum absolute atomic E-state index is 11.8. The van der Waals surface area contributed by atoms with Gasteiger partial charge in [-0.25, -0.2) is 14.6 Å². The van der Waals surface area contributed by atoms with Crippen molar-refractivity contribution in [1.29, 1.82) is 0 Å². The minimum Gasteiger partial charge on any atom is -0.480 e. The van der Waals surface area contributed by atoms with Crippen molar-refractivity contribution in [3.8, 4) is 0 Å². The second-order valence-corrected chi connectivity index (χ2v) is 4.44. The van der Waals surface area contributed by atoms with E-state index in [0.717, 1.165) is 5.69 Å². The molecule has 0 fully saturated rings. The van der Waals surface area contributed by atoms with Crippen LogP contribution in [0.4, 0.5) is 4.79 Å². The molecule has 2 rings (SSSR count). The van der Waals surface area contributed by atoms with Crippen molar-refractivity contribution in [2.75, 3.05) is 0 Å². The van der Waals surface area contributed by atoms with Gasteiger partial charge in [0, 0.05) is 31.6 Å². The summed E-state index contributed by atoms with van der Waals surface area (Å²) in [5, 5.41) is 18.1. The minimum atomic E-state index is -1.11. The molecule has 0 aliphatic heterocycles. The summed E-state index contributed by atoms with van der Waals surface area (Å²) in [6, 6.07) is 0.180. The summed E-state index contributed by atoms with van der Waals surface area (Å²) >= 11 is 0. The van der Waals surface area contributed by atoms with E-state index in [1.807, 2.05) is 0 Å². The summed E-state index contributed by atoms with van der Waals surface area (Å²) in [6.07, 6.45) is 4.73. The maximum atomic E-state index is 11.8. The molecule has 2 heterocycles. The zero-order valence-corrected chi connectivity index (χ0v) is 11.4. The lowest BCUT2D eigenvalue weighted by Crippen LogP contribution is -2.47. The van der Waals surface area contributed by atoms with Gasteiger partial charge in [0.1, 0.15) is 6.04 Å². The number of hydrogen-bond acceptors (Lipinski definition) is 4. The van der Waals surface area contributed by atoms with Gasteiger partial charge in [0.05, 0.1) is 18.6 Å². The molecule has 9 heteroatoms. The van der Waals surface area contributed by atoms with E-state index in [2.05, 4.69) is 25.7 Å². The summed E-state index contributed by atoms with van der Waals surface area (Å²) < 4.78 is 1.62. The van der Waals surface area contributed by atoms with Crippen LogP contribution in [0.5, 0.6) is 0 Å². The molecule has 2 aromatic rings. The molecule has 1 atom stereocenters. The summed E-state index contributed by atoms with van der Waals surface area (Å²) in [4.78, 5) is 29.5. The van der Waals surface area contributed by atoms with Gasteiger partial charge in [-0.05, 0) is 6.07 Å². The molecule has 4 N–H and O–H groups in total. The first kappa shape index (κ1) is 14.6. The smallest absolute Gasteiger partial charge is 0.326 e. The van der Waals surface area contributed by atoms with E-state index in [1.54, 1.807) is 24.0 Å². The van der Waals surface area contributed by atoms with E-state index in [1.165, 1.54) is 12.5 Å². The first-order valence-corrected chi connectivity index (χ1v) is 6.27. The third-order valence-corrected chi connectivity index (χ3v) is 2.93. The van der Waals surface area contributed by atoms with Crippen molar-refractivity contribution in [2.24, 2.45) is 7.05 Å². The molecule has 2 aromatic heterocycles. The van der Waals surface area contributed by atoms with Crippen molar-refractivity contribution in [2.45, 2.75) is 19.0 Å². The number of aromatic amines is 1. The van der Waals surface area contributed by atoms with Crippen molar-refractivity contribution >= 4 is 12.0 Å². The van der Waals surface area contributed by atoms with Crippen LogP contribution >= 0.6 is 0 Å². The van der Waals surface area contributed by atoms with Crippen molar-refractivity contribution < 1.29 is 14.7 Å². The second-order valence-electron chi connectivity index (χ2n) is 4.44. The Morgan fingerprint density at radius 2 is 2.33 bits per heavy atom. The van der Waals surface area contributed by atoms with Gasteiger partial charge >= 0.3 is 12.0 Å². The molecule has 0 aliphatic rings. The lowest BCUT2D eigenvalue weighted by Gasteiger charge is -2.14. The largest absolute Gasteiger partial charge is 0.480 e. The van der Waals surface area contributed by atoms with Crippen LogP contribution in [0.1, 0.15) is 11.4 Å². The maximum Gasteiger partial charge on any atom is 0.326 e. The Morgan fingerprint density at radius 1 is 1.52 bits per heavy atom. The number of nitrogens with one attached hydrogen (secondary N) is 3. The van der Waals surface area contributed by atoms with Gasteiger partial charge in [-0.1, -0.05) is 0 Å². The Morgan fingerprint density at radius 3 is 2.90 bits per heavy atom. The van der Waals surface area contributed by atoms with Gasteiger partial charge in [-0.15, -0.1) is 0 Å². The zero-order chi connectivity index (χ0) is 15.2. The molecule has 2 amide bonds. The monoisotopic (exact) mass is 292 g/mol. The molecule has 0 spiro atoms. The molecule has 112 valence electrons. The highest BCUT2D eigenvalue weighted by atomic mass is 16.4. The van der Waals surface area contributed by atoms with E-state index in [4.69, 9.17) is 5.11 Å². The summed E-state index contributed by atoms with van der Waals surface area (Å²) in [5.74, 6) is -1.11. The number of rotatable bonds is 6. The van der Waals surface area contributed by atoms with Crippen molar-refractivity contribution in [3.63, 3.8) is 0 Å². The number of aryl methyl sites for hydroxylation is 1. The number of aromatic nitrogens is 4. The first-order chi connectivity index (χ1) is 10.1. The Balaban J connectivity index is 1.86.